The molecular weight excluding hydrogens is 372 g/mol. The predicted molar refractivity (Wildman–Crippen MR) is 109 cm³/mol. The molecule has 0 unspecified atom stereocenters. The average molecular weight is 398 g/mol. The van der Waals surface area contributed by atoms with E-state index in [2.05, 4.69) is 20.3 Å². The monoisotopic (exact) mass is 398 g/mol. The van der Waals surface area contributed by atoms with Crippen molar-refractivity contribution in [1.29, 1.82) is 0 Å². The molecule has 0 atom stereocenters. The lowest BCUT2D eigenvalue weighted by Gasteiger charge is -2.21. The lowest BCUT2D eigenvalue weighted by Crippen LogP contribution is -2.39. The van der Waals surface area contributed by atoms with Gasteiger partial charge in [0, 0.05) is 37.2 Å². The fourth-order valence-electron chi connectivity index (χ4n) is 2.97. The number of amides is 2. The first kappa shape index (κ1) is 20.4. The molecule has 154 valence electrons. The molecule has 9 heteroatoms. The van der Waals surface area contributed by atoms with Crippen LogP contribution >= 0.6 is 0 Å². The molecule has 3 rings (SSSR count). The topological polar surface area (TPSA) is 93.9 Å². The van der Waals surface area contributed by atoms with Crippen LogP contribution in [0.3, 0.4) is 0 Å². The van der Waals surface area contributed by atoms with Crippen LogP contribution in [-0.2, 0) is 6.54 Å². The maximum Gasteiger partial charge on any atom is 0.317 e. The van der Waals surface area contributed by atoms with Crippen molar-refractivity contribution in [2.24, 2.45) is 0 Å². The molecule has 0 bridgehead atoms. The standard InChI is InChI=1S/C20H26N6O3/c1-5-7-22-20(27)25(6-2)12-14-10-15(17(28-3)11-23-14)16-13-26-9-8-21-18(26)19(24-16)29-4/h8-11,13H,5-7,12H2,1-4H3,(H,22,27). The minimum absolute atomic E-state index is 0.104. The second-order valence-corrected chi connectivity index (χ2v) is 6.42. The molecule has 0 saturated carbocycles. The second-order valence-electron chi connectivity index (χ2n) is 6.42. The molecule has 0 aliphatic carbocycles. The van der Waals surface area contributed by atoms with Crippen molar-refractivity contribution in [1.82, 2.24) is 29.6 Å². The number of nitrogens with one attached hydrogen (secondary N) is 1. The van der Waals surface area contributed by atoms with Crippen molar-refractivity contribution in [2.45, 2.75) is 26.8 Å². The summed E-state index contributed by atoms with van der Waals surface area (Å²) in [5.74, 6) is 1.00. The second kappa shape index (κ2) is 9.22. The van der Waals surface area contributed by atoms with Gasteiger partial charge in [-0.1, -0.05) is 6.92 Å². The minimum atomic E-state index is -0.104. The Balaban J connectivity index is 1.96. The van der Waals surface area contributed by atoms with Gasteiger partial charge in [-0.05, 0) is 19.4 Å². The highest BCUT2D eigenvalue weighted by Gasteiger charge is 2.17. The Morgan fingerprint density at radius 2 is 2.07 bits per heavy atom. The fraction of sp³-hybridized carbons (Fsp3) is 0.400. The number of methoxy groups -OCH3 is 2. The Kier molecular flexibility index (Phi) is 6.48. The molecule has 1 N–H and O–H groups in total. The lowest BCUT2D eigenvalue weighted by atomic mass is 10.1. The number of nitrogens with zero attached hydrogens (tertiary/aromatic N) is 5. The zero-order valence-corrected chi connectivity index (χ0v) is 17.2. The van der Waals surface area contributed by atoms with E-state index in [0.29, 0.717) is 42.6 Å². The molecule has 0 aromatic carbocycles. The van der Waals surface area contributed by atoms with Gasteiger partial charge in [0.05, 0.1) is 38.3 Å². The lowest BCUT2D eigenvalue weighted by molar-refractivity contribution is 0.197. The van der Waals surface area contributed by atoms with Crippen LogP contribution in [0.25, 0.3) is 16.9 Å². The summed E-state index contributed by atoms with van der Waals surface area (Å²) < 4.78 is 12.7. The van der Waals surface area contributed by atoms with E-state index in [1.54, 1.807) is 31.5 Å². The molecule has 0 fully saturated rings. The Bertz CT molecular complexity index is 988. The van der Waals surface area contributed by atoms with Gasteiger partial charge < -0.3 is 24.1 Å². The van der Waals surface area contributed by atoms with Gasteiger partial charge >= 0.3 is 6.03 Å². The number of pyridine rings is 1. The highest BCUT2D eigenvalue weighted by atomic mass is 16.5. The average Bonchev–Trinajstić information content (AvgIpc) is 3.23. The van der Waals surface area contributed by atoms with Gasteiger partial charge in [-0.25, -0.2) is 14.8 Å². The van der Waals surface area contributed by atoms with E-state index in [0.717, 1.165) is 17.7 Å². The number of carbonyl (C=O) groups is 1. The molecule has 9 nitrogen and oxygen atoms in total. The van der Waals surface area contributed by atoms with E-state index in [1.807, 2.05) is 36.7 Å². The number of hydrogen-bond donors (Lipinski definition) is 1. The maximum absolute atomic E-state index is 12.3. The number of carbonyl (C=O) groups excluding carboxylic acids is 1. The predicted octanol–water partition coefficient (Wildman–Crippen LogP) is 2.75. The summed E-state index contributed by atoms with van der Waals surface area (Å²) in [6.07, 6.45) is 7.91. The molecule has 0 aliphatic rings. The van der Waals surface area contributed by atoms with Gasteiger partial charge in [0.15, 0.2) is 5.65 Å². The Morgan fingerprint density at radius 1 is 1.24 bits per heavy atom. The first-order valence-electron chi connectivity index (χ1n) is 9.55. The third-order valence-corrected chi connectivity index (χ3v) is 4.50. The van der Waals surface area contributed by atoms with E-state index in [4.69, 9.17) is 9.47 Å². The van der Waals surface area contributed by atoms with Gasteiger partial charge in [0.2, 0.25) is 0 Å². The van der Waals surface area contributed by atoms with Crippen molar-refractivity contribution >= 4 is 11.7 Å². The van der Waals surface area contributed by atoms with Crippen LogP contribution < -0.4 is 14.8 Å². The van der Waals surface area contributed by atoms with E-state index < -0.39 is 0 Å². The molecule has 0 spiro atoms. The highest BCUT2D eigenvalue weighted by Crippen LogP contribution is 2.31. The van der Waals surface area contributed by atoms with Gasteiger partial charge in [0.25, 0.3) is 5.88 Å². The summed E-state index contributed by atoms with van der Waals surface area (Å²) in [4.78, 5) is 27.3. The quantitative estimate of drug-likeness (QED) is 0.627. The molecule has 0 saturated heterocycles. The highest BCUT2D eigenvalue weighted by molar-refractivity contribution is 5.74. The number of aromatic nitrogens is 4. The number of fused-ring (bicyclic) bond motifs is 1. The summed E-state index contributed by atoms with van der Waals surface area (Å²) >= 11 is 0. The van der Waals surface area contributed by atoms with E-state index in [-0.39, 0.29) is 6.03 Å². The van der Waals surface area contributed by atoms with Crippen LogP contribution in [0.5, 0.6) is 11.6 Å². The van der Waals surface area contributed by atoms with Crippen molar-refractivity contribution in [3.05, 3.63) is 36.5 Å². The first-order chi connectivity index (χ1) is 14.1. The third-order valence-electron chi connectivity index (χ3n) is 4.50. The van der Waals surface area contributed by atoms with Crippen molar-refractivity contribution < 1.29 is 14.3 Å². The molecular formula is C20H26N6O3. The summed E-state index contributed by atoms with van der Waals surface area (Å²) in [5, 5.41) is 2.90. The van der Waals surface area contributed by atoms with Crippen molar-refractivity contribution in [3.8, 4) is 22.9 Å². The molecule has 2 amide bonds. The first-order valence-corrected chi connectivity index (χ1v) is 9.55. The molecule has 3 aromatic rings. The van der Waals surface area contributed by atoms with Crippen LogP contribution in [0.15, 0.2) is 30.9 Å². The van der Waals surface area contributed by atoms with Crippen LogP contribution in [-0.4, -0.2) is 57.6 Å². The molecule has 29 heavy (non-hydrogen) atoms. The Labute approximate surface area is 169 Å². The Hall–Kier alpha value is -3.36. The largest absolute Gasteiger partial charge is 0.494 e. The van der Waals surface area contributed by atoms with Crippen LogP contribution in [0.4, 0.5) is 4.79 Å². The van der Waals surface area contributed by atoms with E-state index >= 15 is 0 Å². The van der Waals surface area contributed by atoms with Crippen molar-refractivity contribution in [2.75, 3.05) is 27.3 Å². The summed E-state index contributed by atoms with van der Waals surface area (Å²) in [6.45, 7) is 5.56. The number of rotatable bonds is 8. The SMILES string of the molecule is CCCNC(=O)N(CC)Cc1cc(-c2cn3ccnc3c(OC)n2)c(OC)cn1. The summed E-state index contributed by atoms with van der Waals surface area (Å²) in [5.41, 5.74) is 2.79. The fourth-order valence-corrected chi connectivity index (χ4v) is 2.97. The zero-order valence-electron chi connectivity index (χ0n) is 17.2. The van der Waals surface area contributed by atoms with E-state index in [1.165, 1.54) is 0 Å². The normalized spacial score (nSPS) is 10.8. The number of ether oxygens (including phenoxy) is 2. The van der Waals surface area contributed by atoms with Crippen LogP contribution in [0.2, 0.25) is 0 Å². The Morgan fingerprint density at radius 3 is 2.76 bits per heavy atom. The third kappa shape index (κ3) is 4.39. The molecule has 0 radical (unpaired) electrons. The van der Waals surface area contributed by atoms with Crippen LogP contribution in [0.1, 0.15) is 26.0 Å². The maximum atomic E-state index is 12.3. The zero-order chi connectivity index (χ0) is 20.8. The van der Waals surface area contributed by atoms with Gasteiger partial charge in [0.1, 0.15) is 5.75 Å². The number of hydrogen-bond acceptors (Lipinski definition) is 6. The minimum Gasteiger partial charge on any atom is -0.494 e. The van der Waals surface area contributed by atoms with Gasteiger partial charge in [-0.3, -0.25) is 4.98 Å². The number of urea groups is 1. The molecule has 3 heterocycles. The molecule has 0 aliphatic heterocycles. The summed E-state index contributed by atoms with van der Waals surface area (Å²) in [7, 11) is 3.15. The van der Waals surface area contributed by atoms with Crippen LogP contribution in [0, 0.1) is 0 Å². The molecule has 3 aromatic heterocycles. The van der Waals surface area contributed by atoms with E-state index in [9.17, 15) is 4.79 Å². The van der Waals surface area contributed by atoms with Gasteiger partial charge in [-0.2, -0.15) is 0 Å². The van der Waals surface area contributed by atoms with Crippen molar-refractivity contribution in [3.63, 3.8) is 0 Å². The van der Waals surface area contributed by atoms with Gasteiger partial charge in [-0.15, -0.1) is 0 Å². The number of imidazole rings is 1. The smallest absolute Gasteiger partial charge is 0.317 e. The summed E-state index contributed by atoms with van der Waals surface area (Å²) in [6, 6.07) is 1.78.